The highest BCUT2D eigenvalue weighted by atomic mass is 19.1. The topological polar surface area (TPSA) is 84.2 Å². The summed E-state index contributed by atoms with van der Waals surface area (Å²) < 4.78 is 14.7. The molecule has 3 rings (SSSR count). The third-order valence-corrected chi connectivity index (χ3v) is 5.19. The van der Waals surface area contributed by atoms with E-state index in [-0.39, 0.29) is 42.9 Å². The standard InChI is InChI=1S/C24H26FN3O3/c1-15-4-6-18(7-5-15)16(2)26-22(30)14-28-23(19-8-10-20(25)11-9-19)27-17(3)21(12-13-29)24(28)31/h4-11,16,29H,12-14H2,1-3H3,(H,26,30)/t16-/m0/s1. The van der Waals surface area contributed by atoms with Gasteiger partial charge in [0.25, 0.3) is 5.56 Å². The number of carbonyl (C=O) groups excluding carboxylic acids is 1. The van der Waals surface area contributed by atoms with E-state index in [2.05, 4.69) is 10.3 Å². The third kappa shape index (κ3) is 5.24. The van der Waals surface area contributed by atoms with Crippen LogP contribution < -0.4 is 10.9 Å². The van der Waals surface area contributed by atoms with Gasteiger partial charge in [-0.3, -0.25) is 14.2 Å². The first-order valence-electron chi connectivity index (χ1n) is 10.1. The molecule has 2 N–H and O–H groups in total. The molecule has 31 heavy (non-hydrogen) atoms. The first kappa shape index (κ1) is 22.4. The summed E-state index contributed by atoms with van der Waals surface area (Å²) in [6.45, 7) is 5.10. The van der Waals surface area contributed by atoms with Gasteiger partial charge in [0.1, 0.15) is 18.2 Å². The summed E-state index contributed by atoms with van der Waals surface area (Å²) in [5.41, 5.74) is 3.04. The van der Waals surface area contributed by atoms with E-state index in [0.29, 0.717) is 16.8 Å². The van der Waals surface area contributed by atoms with Gasteiger partial charge >= 0.3 is 0 Å². The number of carbonyl (C=O) groups is 1. The predicted octanol–water partition coefficient (Wildman–Crippen LogP) is 3.08. The molecule has 2 aromatic carbocycles. The van der Waals surface area contributed by atoms with Crippen LogP contribution in [0.2, 0.25) is 0 Å². The van der Waals surface area contributed by atoms with Crippen LogP contribution in [0, 0.1) is 19.7 Å². The van der Waals surface area contributed by atoms with Gasteiger partial charge in [0.2, 0.25) is 5.91 Å². The normalized spacial score (nSPS) is 11.9. The van der Waals surface area contributed by atoms with Gasteiger partial charge in [0.15, 0.2) is 0 Å². The Morgan fingerprint density at radius 2 is 1.77 bits per heavy atom. The molecule has 0 unspecified atom stereocenters. The number of halogens is 1. The lowest BCUT2D eigenvalue weighted by atomic mass is 10.1. The zero-order valence-electron chi connectivity index (χ0n) is 17.9. The molecule has 1 heterocycles. The number of aliphatic hydroxyl groups excluding tert-OH is 1. The zero-order chi connectivity index (χ0) is 22.5. The van der Waals surface area contributed by atoms with Crippen molar-refractivity contribution in [3.8, 4) is 11.4 Å². The van der Waals surface area contributed by atoms with E-state index in [9.17, 15) is 19.1 Å². The number of amides is 1. The number of hydrogen-bond acceptors (Lipinski definition) is 4. The van der Waals surface area contributed by atoms with Crippen LogP contribution in [-0.2, 0) is 17.8 Å². The summed E-state index contributed by atoms with van der Waals surface area (Å²) in [4.78, 5) is 30.4. The van der Waals surface area contributed by atoms with Crippen molar-refractivity contribution in [3.05, 3.63) is 87.1 Å². The number of benzene rings is 2. The molecule has 1 aromatic heterocycles. The van der Waals surface area contributed by atoms with Gasteiger partial charge in [0, 0.05) is 29.8 Å². The minimum atomic E-state index is -0.407. The van der Waals surface area contributed by atoms with Gasteiger partial charge in [-0.15, -0.1) is 0 Å². The lowest BCUT2D eigenvalue weighted by Crippen LogP contribution is -2.36. The summed E-state index contributed by atoms with van der Waals surface area (Å²) in [7, 11) is 0. The van der Waals surface area contributed by atoms with Crippen molar-refractivity contribution in [2.24, 2.45) is 0 Å². The Balaban J connectivity index is 1.94. The number of aromatic nitrogens is 2. The SMILES string of the molecule is Cc1ccc([C@H](C)NC(=O)Cn2c(-c3ccc(F)cc3)nc(C)c(CCO)c2=O)cc1. The summed E-state index contributed by atoms with van der Waals surface area (Å²) >= 11 is 0. The summed E-state index contributed by atoms with van der Waals surface area (Å²) in [6, 6.07) is 13.2. The number of nitrogens with zero attached hydrogens (tertiary/aromatic N) is 2. The molecule has 0 radical (unpaired) electrons. The number of nitrogens with one attached hydrogen (secondary N) is 1. The Bertz CT molecular complexity index is 1120. The number of aliphatic hydroxyl groups is 1. The van der Waals surface area contributed by atoms with E-state index < -0.39 is 5.82 Å². The van der Waals surface area contributed by atoms with Gasteiger partial charge in [-0.25, -0.2) is 9.37 Å². The Kier molecular flexibility index (Phi) is 6.97. The number of rotatable bonds is 7. The molecule has 3 aromatic rings. The van der Waals surface area contributed by atoms with E-state index in [1.807, 2.05) is 38.1 Å². The largest absolute Gasteiger partial charge is 0.396 e. The van der Waals surface area contributed by atoms with Crippen LogP contribution in [0.15, 0.2) is 53.3 Å². The van der Waals surface area contributed by atoms with Crippen molar-refractivity contribution < 1.29 is 14.3 Å². The van der Waals surface area contributed by atoms with Crippen molar-refractivity contribution in [2.75, 3.05) is 6.61 Å². The molecule has 0 saturated heterocycles. The molecule has 0 aliphatic rings. The van der Waals surface area contributed by atoms with E-state index in [1.54, 1.807) is 6.92 Å². The van der Waals surface area contributed by atoms with E-state index in [0.717, 1.165) is 11.1 Å². The smallest absolute Gasteiger partial charge is 0.257 e. The van der Waals surface area contributed by atoms with E-state index in [1.165, 1.54) is 28.8 Å². The van der Waals surface area contributed by atoms with Crippen LogP contribution >= 0.6 is 0 Å². The van der Waals surface area contributed by atoms with Gasteiger partial charge in [-0.05, 0) is 50.6 Å². The second kappa shape index (κ2) is 9.66. The van der Waals surface area contributed by atoms with Crippen molar-refractivity contribution >= 4 is 5.91 Å². The maximum Gasteiger partial charge on any atom is 0.257 e. The van der Waals surface area contributed by atoms with Gasteiger partial charge in [0.05, 0.1) is 6.04 Å². The van der Waals surface area contributed by atoms with Crippen molar-refractivity contribution in [2.45, 2.75) is 39.8 Å². The molecular formula is C24H26FN3O3. The molecule has 0 spiro atoms. The molecule has 7 heteroatoms. The maximum atomic E-state index is 13.4. The van der Waals surface area contributed by atoms with Crippen LogP contribution in [0.3, 0.4) is 0 Å². The first-order valence-corrected chi connectivity index (χ1v) is 10.1. The Morgan fingerprint density at radius 1 is 1.13 bits per heavy atom. The third-order valence-electron chi connectivity index (χ3n) is 5.19. The molecule has 0 fully saturated rings. The van der Waals surface area contributed by atoms with E-state index >= 15 is 0 Å². The minimum Gasteiger partial charge on any atom is -0.396 e. The second-order valence-corrected chi connectivity index (χ2v) is 7.57. The Morgan fingerprint density at radius 3 is 2.39 bits per heavy atom. The lowest BCUT2D eigenvalue weighted by molar-refractivity contribution is -0.122. The molecule has 162 valence electrons. The molecule has 1 amide bonds. The average molecular weight is 423 g/mol. The second-order valence-electron chi connectivity index (χ2n) is 7.57. The highest BCUT2D eigenvalue weighted by Gasteiger charge is 2.19. The summed E-state index contributed by atoms with van der Waals surface area (Å²) in [5.74, 6) is -0.475. The van der Waals surface area contributed by atoms with Gasteiger partial charge in [-0.2, -0.15) is 0 Å². The lowest BCUT2D eigenvalue weighted by Gasteiger charge is -2.18. The molecule has 0 aliphatic heterocycles. The van der Waals surface area contributed by atoms with Crippen molar-refractivity contribution in [1.82, 2.24) is 14.9 Å². The summed E-state index contributed by atoms with van der Waals surface area (Å²) in [5, 5.41) is 12.2. The number of hydrogen-bond donors (Lipinski definition) is 2. The fraction of sp³-hybridized carbons (Fsp3) is 0.292. The van der Waals surface area contributed by atoms with Crippen LogP contribution in [0.25, 0.3) is 11.4 Å². The zero-order valence-corrected chi connectivity index (χ0v) is 17.9. The molecule has 0 aliphatic carbocycles. The monoisotopic (exact) mass is 423 g/mol. The Labute approximate surface area is 180 Å². The maximum absolute atomic E-state index is 13.4. The number of aryl methyl sites for hydroxylation is 2. The molecule has 0 bridgehead atoms. The Hall–Kier alpha value is -3.32. The van der Waals surface area contributed by atoms with Crippen LogP contribution in [0.5, 0.6) is 0 Å². The molecule has 0 saturated carbocycles. The van der Waals surface area contributed by atoms with Crippen molar-refractivity contribution in [3.63, 3.8) is 0 Å². The fourth-order valence-corrected chi connectivity index (χ4v) is 3.44. The van der Waals surface area contributed by atoms with Crippen LogP contribution in [0.4, 0.5) is 4.39 Å². The van der Waals surface area contributed by atoms with Gasteiger partial charge < -0.3 is 10.4 Å². The molecular weight excluding hydrogens is 397 g/mol. The highest BCUT2D eigenvalue weighted by molar-refractivity contribution is 5.77. The van der Waals surface area contributed by atoms with Crippen LogP contribution in [0.1, 0.15) is 35.3 Å². The summed E-state index contributed by atoms with van der Waals surface area (Å²) in [6.07, 6.45) is 0.142. The van der Waals surface area contributed by atoms with Gasteiger partial charge in [-0.1, -0.05) is 29.8 Å². The van der Waals surface area contributed by atoms with E-state index in [4.69, 9.17) is 0 Å². The minimum absolute atomic E-state index is 0.142. The van der Waals surface area contributed by atoms with Crippen LogP contribution in [-0.4, -0.2) is 27.2 Å². The first-order chi connectivity index (χ1) is 14.8. The fourth-order valence-electron chi connectivity index (χ4n) is 3.44. The average Bonchev–Trinajstić information content (AvgIpc) is 2.74. The molecule has 1 atom stereocenters. The molecule has 6 nitrogen and oxygen atoms in total. The predicted molar refractivity (Wildman–Crippen MR) is 117 cm³/mol. The van der Waals surface area contributed by atoms with Crippen molar-refractivity contribution in [1.29, 1.82) is 0 Å². The quantitative estimate of drug-likeness (QED) is 0.612. The highest BCUT2D eigenvalue weighted by Crippen LogP contribution is 2.19.